The molecule has 0 saturated heterocycles. The summed E-state index contributed by atoms with van der Waals surface area (Å²) in [7, 11) is -2.26. The van der Waals surface area contributed by atoms with Crippen molar-refractivity contribution in [2.75, 3.05) is 11.5 Å². The molecule has 0 unspecified atom stereocenters. The van der Waals surface area contributed by atoms with Gasteiger partial charge in [-0.1, -0.05) is 66.7 Å². The Labute approximate surface area is 189 Å². The SMILES string of the molecule is O=C(C[P+](c1ccccc1)(c1ccccc1)c1ccccc1)Nc1ccccc1O.[Cl-]. The summed E-state index contributed by atoms with van der Waals surface area (Å²) in [6.07, 6.45) is 0.305. The van der Waals surface area contributed by atoms with Gasteiger partial charge in [0.2, 0.25) is 0 Å². The summed E-state index contributed by atoms with van der Waals surface area (Å²) in [4.78, 5) is 13.3. The smallest absolute Gasteiger partial charge is 0.263 e. The Hall–Kier alpha value is -3.13. The number of carbonyl (C=O) groups is 1. The number of halogens is 1. The molecule has 3 nitrogen and oxygen atoms in total. The summed E-state index contributed by atoms with van der Waals surface area (Å²) in [5.74, 6) is -0.0599. The number of amides is 1. The molecule has 4 aromatic carbocycles. The number of rotatable bonds is 6. The second-order valence-corrected chi connectivity index (χ2v) is 10.5. The van der Waals surface area contributed by atoms with Crippen LogP contribution in [0.15, 0.2) is 115 Å². The van der Waals surface area contributed by atoms with E-state index in [2.05, 4.69) is 41.7 Å². The van der Waals surface area contributed by atoms with E-state index in [1.165, 1.54) is 0 Å². The zero-order chi connectivity index (χ0) is 20.8. The van der Waals surface area contributed by atoms with Gasteiger partial charge in [0.25, 0.3) is 5.91 Å². The molecule has 31 heavy (non-hydrogen) atoms. The van der Waals surface area contributed by atoms with Gasteiger partial charge in [-0.15, -0.1) is 0 Å². The summed E-state index contributed by atoms with van der Waals surface area (Å²) in [5.41, 5.74) is 0.426. The molecule has 4 aromatic rings. The van der Waals surface area contributed by atoms with E-state index in [0.29, 0.717) is 11.8 Å². The molecule has 0 aliphatic heterocycles. The van der Waals surface area contributed by atoms with Crippen molar-refractivity contribution >= 4 is 34.8 Å². The van der Waals surface area contributed by atoms with Gasteiger partial charge >= 0.3 is 0 Å². The summed E-state index contributed by atoms with van der Waals surface area (Å²) in [6, 6.07) is 37.6. The quantitative estimate of drug-likeness (QED) is 0.346. The third-order valence-electron chi connectivity index (χ3n) is 5.15. The molecule has 0 aliphatic rings. The van der Waals surface area contributed by atoms with Gasteiger partial charge < -0.3 is 22.8 Å². The van der Waals surface area contributed by atoms with Crippen LogP contribution in [0.1, 0.15) is 0 Å². The van der Waals surface area contributed by atoms with E-state index >= 15 is 0 Å². The lowest BCUT2D eigenvalue weighted by atomic mass is 10.3. The van der Waals surface area contributed by atoms with E-state index in [1.54, 1.807) is 24.3 Å². The first-order chi connectivity index (χ1) is 14.7. The van der Waals surface area contributed by atoms with E-state index in [9.17, 15) is 9.90 Å². The molecule has 0 fully saturated rings. The molecule has 0 atom stereocenters. The molecule has 0 aromatic heterocycles. The van der Waals surface area contributed by atoms with Gasteiger partial charge in [-0.25, -0.2) is 0 Å². The highest BCUT2D eigenvalue weighted by Gasteiger charge is 2.47. The number of nitrogens with one attached hydrogen (secondary N) is 1. The van der Waals surface area contributed by atoms with Crippen molar-refractivity contribution in [2.24, 2.45) is 0 Å². The van der Waals surface area contributed by atoms with Crippen molar-refractivity contribution in [3.8, 4) is 5.75 Å². The van der Waals surface area contributed by atoms with Crippen LogP contribution in [0.5, 0.6) is 5.75 Å². The molecule has 0 radical (unpaired) electrons. The number of phenolic OH excluding ortho intramolecular Hbond substituents is 1. The molecular formula is C26H23ClNO2P. The van der Waals surface area contributed by atoms with Gasteiger partial charge in [0, 0.05) is 0 Å². The highest BCUT2D eigenvalue weighted by molar-refractivity contribution is 7.96. The molecular weight excluding hydrogens is 425 g/mol. The fourth-order valence-corrected chi connectivity index (χ4v) is 7.75. The zero-order valence-corrected chi connectivity index (χ0v) is 18.5. The van der Waals surface area contributed by atoms with Crippen LogP contribution in [0, 0.1) is 0 Å². The minimum absolute atomic E-state index is 0. The summed E-state index contributed by atoms with van der Waals surface area (Å²) in [5, 5.41) is 16.5. The number of phenols is 1. The number of hydrogen-bond acceptors (Lipinski definition) is 2. The summed E-state index contributed by atoms with van der Waals surface area (Å²) < 4.78 is 0. The van der Waals surface area contributed by atoms with Crippen LogP contribution in [0.2, 0.25) is 0 Å². The topological polar surface area (TPSA) is 49.3 Å². The lowest BCUT2D eigenvalue weighted by Gasteiger charge is -2.27. The van der Waals surface area contributed by atoms with Crippen molar-refractivity contribution in [2.45, 2.75) is 0 Å². The minimum Gasteiger partial charge on any atom is -1.00 e. The number of carbonyl (C=O) groups excluding carboxylic acids is 1. The monoisotopic (exact) mass is 447 g/mol. The molecule has 2 N–H and O–H groups in total. The third-order valence-corrected chi connectivity index (χ3v) is 9.45. The van der Waals surface area contributed by atoms with Crippen molar-refractivity contribution in [1.82, 2.24) is 0 Å². The summed E-state index contributed by atoms with van der Waals surface area (Å²) >= 11 is 0. The first-order valence-corrected chi connectivity index (χ1v) is 11.8. The molecule has 4 rings (SSSR count). The highest BCUT2D eigenvalue weighted by Crippen LogP contribution is 2.55. The van der Waals surface area contributed by atoms with Crippen LogP contribution in [-0.4, -0.2) is 17.2 Å². The Balaban J connectivity index is 0.00000272. The lowest BCUT2D eigenvalue weighted by Crippen LogP contribution is -3.00. The van der Waals surface area contributed by atoms with Crippen LogP contribution in [0.25, 0.3) is 0 Å². The standard InChI is InChI=1S/C26H22NO2P.ClH/c28-25-19-11-10-18-24(25)27-26(29)20-30(21-12-4-1-5-13-21,22-14-6-2-7-15-22)23-16-8-3-9-17-23;/h1-19H,20H2,(H-,27,28,29);1H. The van der Waals surface area contributed by atoms with Crippen molar-refractivity contribution in [1.29, 1.82) is 0 Å². The van der Waals surface area contributed by atoms with Crippen molar-refractivity contribution < 1.29 is 22.3 Å². The molecule has 5 heteroatoms. The van der Waals surface area contributed by atoms with Crippen LogP contribution in [0.3, 0.4) is 0 Å². The first kappa shape index (κ1) is 22.6. The maximum Gasteiger partial charge on any atom is 0.263 e. The second-order valence-electron chi connectivity index (χ2n) is 7.04. The van der Waals surface area contributed by atoms with Gasteiger partial charge in [-0.05, 0) is 48.5 Å². The molecule has 0 bridgehead atoms. The number of hydrogen-bond donors (Lipinski definition) is 2. The molecule has 0 spiro atoms. The van der Waals surface area contributed by atoms with Crippen molar-refractivity contribution in [3.63, 3.8) is 0 Å². The number of anilines is 1. The molecule has 0 saturated carbocycles. The Morgan fingerprint density at radius 3 is 1.45 bits per heavy atom. The third kappa shape index (κ3) is 4.80. The van der Waals surface area contributed by atoms with Crippen molar-refractivity contribution in [3.05, 3.63) is 115 Å². The minimum atomic E-state index is -2.26. The normalized spacial score (nSPS) is 10.7. The molecule has 0 heterocycles. The van der Waals surface area contributed by atoms with Crippen LogP contribution in [0.4, 0.5) is 5.69 Å². The van der Waals surface area contributed by atoms with Gasteiger partial charge in [0.05, 0.1) is 5.69 Å². The number of aromatic hydroxyl groups is 1. The van der Waals surface area contributed by atoms with Gasteiger partial charge in [0.1, 0.15) is 28.9 Å². The Bertz CT molecular complexity index is 1030. The Kier molecular flexibility index (Phi) is 7.46. The predicted molar refractivity (Wildman–Crippen MR) is 127 cm³/mol. The summed E-state index contributed by atoms with van der Waals surface area (Å²) in [6.45, 7) is 0. The van der Waals surface area contributed by atoms with E-state index in [1.807, 2.05) is 54.6 Å². The van der Waals surface area contributed by atoms with E-state index in [4.69, 9.17) is 0 Å². The maximum absolute atomic E-state index is 13.3. The fraction of sp³-hybridized carbons (Fsp3) is 0.0385. The fourth-order valence-electron chi connectivity index (χ4n) is 3.75. The van der Waals surface area contributed by atoms with Crippen LogP contribution < -0.4 is 33.6 Å². The predicted octanol–water partition coefficient (Wildman–Crippen LogP) is 1.33. The number of benzene rings is 4. The van der Waals surface area contributed by atoms with Crippen LogP contribution >= 0.6 is 7.26 Å². The Morgan fingerprint density at radius 1 is 0.645 bits per heavy atom. The maximum atomic E-state index is 13.3. The van der Waals surface area contributed by atoms with Gasteiger partial charge in [0.15, 0.2) is 6.16 Å². The average molecular weight is 448 g/mol. The highest BCUT2D eigenvalue weighted by atomic mass is 35.5. The van der Waals surface area contributed by atoms with E-state index in [-0.39, 0.29) is 24.1 Å². The van der Waals surface area contributed by atoms with E-state index < -0.39 is 7.26 Å². The largest absolute Gasteiger partial charge is 1.00 e. The molecule has 156 valence electrons. The zero-order valence-electron chi connectivity index (χ0n) is 16.9. The Morgan fingerprint density at radius 2 is 1.03 bits per heavy atom. The number of para-hydroxylation sites is 2. The van der Waals surface area contributed by atoms with Gasteiger partial charge in [-0.3, -0.25) is 4.79 Å². The lowest BCUT2D eigenvalue weighted by molar-refractivity contribution is -0.113. The van der Waals surface area contributed by atoms with Gasteiger partial charge in [-0.2, -0.15) is 0 Å². The molecule has 0 aliphatic carbocycles. The van der Waals surface area contributed by atoms with Crippen LogP contribution in [-0.2, 0) is 4.79 Å². The molecule has 1 amide bonds. The van der Waals surface area contributed by atoms with E-state index in [0.717, 1.165) is 15.9 Å². The second kappa shape index (κ2) is 10.3. The average Bonchev–Trinajstić information content (AvgIpc) is 2.81. The first-order valence-electron chi connectivity index (χ1n) is 9.83.